The van der Waals surface area contributed by atoms with E-state index in [1.165, 1.54) is 0 Å². The van der Waals surface area contributed by atoms with Crippen LogP contribution in [0.3, 0.4) is 0 Å². The van der Waals surface area contributed by atoms with Gasteiger partial charge in [0.1, 0.15) is 17.9 Å². The van der Waals surface area contributed by atoms with E-state index >= 15 is 0 Å². The predicted molar refractivity (Wildman–Crippen MR) is 104 cm³/mol. The van der Waals surface area contributed by atoms with Crippen molar-refractivity contribution in [2.75, 3.05) is 7.11 Å². The highest BCUT2D eigenvalue weighted by Gasteiger charge is 2.16. The molecule has 2 aromatic carbocycles. The molecule has 0 aliphatic rings. The lowest BCUT2D eigenvalue weighted by atomic mass is 10.2. The van der Waals surface area contributed by atoms with Crippen LogP contribution in [-0.4, -0.2) is 28.7 Å². The summed E-state index contributed by atoms with van der Waals surface area (Å²) >= 11 is 0. The van der Waals surface area contributed by atoms with Gasteiger partial charge in [-0.25, -0.2) is 0 Å². The van der Waals surface area contributed by atoms with Crippen molar-refractivity contribution in [3.05, 3.63) is 66.1 Å². The minimum absolute atomic E-state index is 0.167. The van der Waals surface area contributed by atoms with Crippen LogP contribution in [0.15, 0.2) is 59.0 Å². The van der Waals surface area contributed by atoms with Crippen LogP contribution in [0.4, 0.5) is 0 Å². The standard InChI is InChI=1S/C21H18N2O5/c1-27-16-6-7-17-14(9-16)8-15(23(17)12-20(24)25)11-22-21(26)19-10-13-4-2-3-5-18(13)28-19/h2-10H,11-12H2,1H3,(H,22,26)(H,24,25). The van der Waals surface area contributed by atoms with Gasteiger partial charge < -0.3 is 24.1 Å². The summed E-state index contributed by atoms with van der Waals surface area (Å²) in [6.45, 7) is -0.0359. The van der Waals surface area contributed by atoms with Crippen molar-refractivity contribution in [1.29, 1.82) is 0 Å². The van der Waals surface area contributed by atoms with Gasteiger partial charge in [0.2, 0.25) is 0 Å². The fraction of sp³-hybridized carbons (Fsp3) is 0.143. The number of aliphatic carboxylic acids is 1. The third kappa shape index (κ3) is 3.29. The van der Waals surface area contributed by atoms with Crippen LogP contribution in [0.25, 0.3) is 21.9 Å². The first-order valence-electron chi connectivity index (χ1n) is 8.70. The van der Waals surface area contributed by atoms with Gasteiger partial charge in [-0.05, 0) is 36.4 Å². The summed E-state index contributed by atoms with van der Waals surface area (Å²) in [4.78, 5) is 23.8. The molecular weight excluding hydrogens is 360 g/mol. The van der Waals surface area contributed by atoms with Gasteiger partial charge >= 0.3 is 5.97 Å². The first kappa shape index (κ1) is 17.7. The van der Waals surface area contributed by atoms with Crippen molar-refractivity contribution in [3.63, 3.8) is 0 Å². The number of carboxylic acid groups (broad SMARTS) is 1. The lowest BCUT2D eigenvalue weighted by Crippen LogP contribution is -2.24. The number of carbonyl (C=O) groups is 2. The molecule has 1 amide bonds. The maximum atomic E-state index is 12.5. The molecular formula is C21H18N2O5. The van der Waals surface area contributed by atoms with E-state index in [1.807, 2.05) is 36.4 Å². The van der Waals surface area contributed by atoms with Gasteiger partial charge in [-0.1, -0.05) is 18.2 Å². The molecule has 7 nitrogen and oxygen atoms in total. The molecule has 4 rings (SSSR count). The molecule has 0 saturated heterocycles. The monoisotopic (exact) mass is 378 g/mol. The number of ether oxygens (including phenoxy) is 1. The Morgan fingerprint density at radius 2 is 1.93 bits per heavy atom. The third-order valence-corrected chi connectivity index (χ3v) is 4.57. The fourth-order valence-electron chi connectivity index (χ4n) is 3.25. The van der Waals surface area contributed by atoms with Gasteiger partial charge in [-0.3, -0.25) is 9.59 Å². The highest BCUT2D eigenvalue weighted by atomic mass is 16.5. The van der Waals surface area contributed by atoms with Gasteiger partial charge in [-0.2, -0.15) is 0 Å². The molecule has 0 fully saturated rings. The van der Waals surface area contributed by atoms with E-state index in [0.717, 1.165) is 16.3 Å². The van der Waals surface area contributed by atoms with Crippen LogP contribution in [0.5, 0.6) is 5.75 Å². The van der Waals surface area contributed by atoms with Gasteiger partial charge in [0.25, 0.3) is 5.91 Å². The molecule has 0 bridgehead atoms. The Bertz CT molecular complexity index is 1160. The molecule has 2 N–H and O–H groups in total. The Morgan fingerprint density at radius 1 is 1.11 bits per heavy atom. The van der Waals surface area contributed by atoms with E-state index in [-0.39, 0.29) is 24.8 Å². The minimum Gasteiger partial charge on any atom is -0.497 e. The number of nitrogens with zero attached hydrogens (tertiary/aromatic N) is 1. The molecule has 0 atom stereocenters. The predicted octanol–water partition coefficient (Wildman–Crippen LogP) is 3.41. The zero-order valence-corrected chi connectivity index (χ0v) is 15.1. The van der Waals surface area contributed by atoms with Gasteiger partial charge in [0, 0.05) is 22.0 Å². The number of hydrogen-bond acceptors (Lipinski definition) is 4. The van der Waals surface area contributed by atoms with Crippen LogP contribution in [0.1, 0.15) is 16.2 Å². The number of aromatic nitrogens is 1. The highest BCUT2D eigenvalue weighted by molar-refractivity contribution is 5.96. The van der Waals surface area contributed by atoms with E-state index in [1.54, 1.807) is 29.9 Å². The number of carbonyl (C=O) groups excluding carboxylic acids is 1. The molecule has 4 aromatic rings. The molecule has 0 aliphatic heterocycles. The molecule has 142 valence electrons. The summed E-state index contributed by atoms with van der Waals surface area (Å²) in [6, 6.07) is 16.3. The lowest BCUT2D eigenvalue weighted by molar-refractivity contribution is -0.137. The first-order chi connectivity index (χ1) is 13.5. The highest BCUT2D eigenvalue weighted by Crippen LogP contribution is 2.25. The molecule has 0 unspecified atom stereocenters. The van der Waals surface area contributed by atoms with Crippen LogP contribution in [0, 0.1) is 0 Å². The molecule has 7 heteroatoms. The number of benzene rings is 2. The number of amides is 1. The maximum Gasteiger partial charge on any atom is 0.323 e. The summed E-state index contributed by atoms with van der Waals surface area (Å²) in [5.74, 6) is -0.430. The van der Waals surface area contributed by atoms with Crippen molar-refractivity contribution in [2.45, 2.75) is 13.1 Å². The van der Waals surface area contributed by atoms with E-state index in [2.05, 4.69) is 5.32 Å². The van der Waals surface area contributed by atoms with Crippen LogP contribution in [0.2, 0.25) is 0 Å². The van der Waals surface area contributed by atoms with Gasteiger partial charge in [-0.15, -0.1) is 0 Å². The Morgan fingerprint density at radius 3 is 2.68 bits per heavy atom. The Kier molecular flexibility index (Phi) is 4.49. The fourth-order valence-corrected chi connectivity index (χ4v) is 3.25. The second-order valence-electron chi connectivity index (χ2n) is 6.37. The summed E-state index contributed by atoms with van der Waals surface area (Å²) in [7, 11) is 1.57. The lowest BCUT2D eigenvalue weighted by Gasteiger charge is -2.09. The molecule has 2 heterocycles. The second kappa shape index (κ2) is 7.11. The smallest absolute Gasteiger partial charge is 0.323 e. The summed E-state index contributed by atoms with van der Waals surface area (Å²) < 4.78 is 12.5. The number of nitrogens with one attached hydrogen (secondary N) is 1. The number of para-hydroxylation sites is 1. The third-order valence-electron chi connectivity index (χ3n) is 4.57. The van der Waals surface area contributed by atoms with Gasteiger partial charge in [0.05, 0.1) is 13.7 Å². The van der Waals surface area contributed by atoms with Crippen molar-refractivity contribution in [2.24, 2.45) is 0 Å². The van der Waals surface area contributed by atoms with E-state index in [4.69, 9.17) is 9.15 Å². The van der Waals surface area contributed by atoms with E-state index < -0.39 is 5.97 Å². The zero-order chi connectivity index (χ0) is 19.7. The number of furan rings is 1. The van der Waals surface area contributed by atoms with Crippen LogP contribution >= 0.6 is 0 Å². The Balaban J connectivity index is 1.60. The average molecular weight is 378 g/mol. The number of hydrogen-bond donors (Lipinski definition) is 2. The van der Waals surface area contributed by atoms with E-state index in [0.29, 0.717) is 17.0 Å². The molecule has 0 spiro atoms. The summed E-state index contributed by atoms with van der Waals surface area (Å²) in [5, 5.41) is 13.7. The van der Waals surface area contributed by atoms with Gasteiger partial charge in [0.15, 0.2) is 5.76 Å². The van der Waals surface area contributed by atoms with Crippen molar-refractivity contribution >= 4 is 33.7 Å². The first-order valence-corrected chi connectivity index (χ1v) is 8.70. The normalized spacial score (nSPS) is 11.0. The summed E-state index contributed by atoms with van der Waals surface area (Å²) in [5.41, 5.74) is 2.08. The molecule has 0 saturated carbocycles. The van der Waals surface area contributed by atoms with Crippen molar-refractivity contribution in [1.82, 2.24) is 9.88 Å². The molecule has 0 aliphatic carbocycles. The number of rotatable bonds is 6. The topological polar surface area (TPSA) is 93.7 Å². The molecule has 28 heavy (non-hydrogen) atoms. The number of methoxy groups -OCH3 is 1. The Hall–Kier alpha value is -3.74. The molecule has 0 radical (unpaired) electrons. The number of carboxylic acids is 1. The zero-order valence-electron chi connectivity index (χ0n) is 15.1. The van der Waals surface area contributed by atoms with Crippen LogP contribution in [-0.2, 0) is 17.9 Å². The largest absolute Gasteiger partial charge is 0.497 e. The SMILES string of the molecule is COc1ccc2c(c1)cc(CNC(=O)c1cc3ccccc3o1)n2CC(=O)O. The molecule has 2 aromatic heterocycles. The summed E-state index contributed by atoms with van der Waals surface area (Å²) in [6.07, 6.45) is 0. The maximum absolute atomic E-state index is 12.5. The van der Waals surface area contributed by atoms with E-state index in [9.17, 15) is 14.7 Å². The number of fused-ring (bicyclic) bond motifs is 2. The quantitative estimate of drug-likeness (QED) is 0.536. The average Bonchev–Trinajstić information content (AvgIpc) is 3.27. The second-order valence-corrected chi connectivity index (χ2v) is 6.37. The van der Waals surface area contributed by atoms with Crippen molar-refractivity contribution < 1.29 is 23.8 Å². The Labute approximate surface area is 160 Å². The minimum atomic E-state index is -0.960. The van der Waals surface area contributed by atoms with Crippen molar-refractivity contribution in [3.8, 4) is 5.75 Å². The van der Waals surface area contributed by atoms with Crippen LogP contribution < -0.4 is 10.1 Å².